The summed E-state index contributed by atoms with van der Waals surface area (Å²) >= 11 is 14.4. The maximum atomic E-state index is 12.8. The van der Waals surface area contributed by atoms with Crippen molar-refractivity contribution in [2.24, 2.45) is 0 Å². The van der Waals surface area contributed by atoms with Crippen molar-refractivity contribution in [3.05, 3.63) is 118 Å². The van der Waals surface area contributed by atoms with Gasteiger partial charge < -0.3 is 14.5 Å². The Balaban J connectivity index is 1.15. The van der Waals surface area contributed by atoms with Gasteiger partial charge in [0, 0.05) is 16.5 Å². The molecule has 194 valence electrons. The van der Waals surface area contributed by atoms with E-state index in [2.05, 4.69) is 15.5 Å². The molecule has 7 aromatic rings. The Hall–Kier alpha value is -4.43. The topological polar surface area (TPSA) is 77.2 Å². The number of hydrogen-bond acceptors (Lipinski definition) is 7. The van der Waals surface area contributed by atoms with E-state index in [1.165, 1.54) is 11.3 Å². The average molecular weight is 582 g/mol. The van der Waals surface area contributed by atoms with E-state index in [-0.39, 0.29) is 0 Å². The van der Waals surface area contributed by atoms with Gasteiger partial charge >= 0.3 is 5.63 Å². The van der Waals surface area contributed by atoms with Crippen molar-refractivity contribution in [1.82, 2.24) is 10.2 Å². The van der Waals surface area contributed by atoms with Crippen LogP contribution in [0, 0.1) is 0 Å². The van der Waals surface area contributed by atoms with Crippen LogP contribution in [-0.4, -0.2) is 10.2 Å². The fraction of sp³-hybridized carbons (Fsp3) is 0. The lowest BCUT2D eigenvalue weighted by molar-refractivity contribution is 0.484. The lowest BCUT2D eigenvalue weighted by atomic mass is 10.0. The van der Waals surface area contributed by atoms with E-state index < -0.39 is 5.63 Å². The van der Waals surface area contributed by atoms with Crippen molar-refractivity contribution in [2.45, 2.75) is 0 Å². The molecule has 0 spiro atoms. The molecular formula is C31H17Cl2N3O3S. The molecule has 2 heterocycles. The molecule has 0 atom stereocenters. The second-order valence-electron chi connectivity index (χ2n) is 9.03. The van der Waals surface area contributed by atoms with Gasteiger partial charge in [-0.15, -0.1) is 10.2 Å². The largest absolute Gasteiger partial charge is 0.454 e. The summed E-state index contributed by atoms with van der Waals surface area (Å²) in [6.45, 7) is 0. The molecule has 0 amide bonds. The molecule has 40 heavy (non-hydrogen) atoms. The fourth-order valence-electron chi connectivity index (χ4n) is 4.60. The van der Waals surface area contributed by atoms with E-state index in [9.17, 15) is 4.79 Å². The standard InChI is InChI=1S/C31H17Cl2N3O3S/c32-24-15-19(11-14-26(24)38-27-13-10-18-6-2-4-8-21(18)28(27)33)34-31-36-35-29(40-31)23-16-22-20-7-3-1-5-17(20)9-12-25(22)39-30(23)37/h1-16H,(H,34,36). The Bertz CT molecular complexity index is 2140. The molecule has 0 bridgehead atoms. The first-order valence-electron chi connectivity index (χ1n) is 12.2. The fourth-order valence-corrected chi connectivity index (χ4v) is 5.86. The molecule has 2 aromatic heterocycles. The van der Waals surface area contributed by atoms with Crippen molar-refractivity contribution in [3.63, 3.8) is 0 Å². The van der Waals surface area contributed by atoms with Crippen LogP contribution in [0.25, 0.3) is 43.1 Å². The third kappa shape index (κ3) is 4.44. The van der Waals surface area contributed by atoms with Crippen LogP contribution >= 0.6 is 34.5 Å². The van der Waals surface area contributed by atoms with Gasteiger partial charge in [0.2, 0.25) is 5.13 Å². The Morgan fingerprint density at radius 1 is 0.750 bits per heavy atom. The van der Waals surface area contributed by atoms with Gasteiger partial charge in [0.15, 0.2) is 5.01 Å². The first kappa shape index (κ1) is 24.6. The van der Waals surface area contributed by atoms with Gasteiger partial charge in [-0.3, -0.25) is 0 Å². The first-order chi connectivity index (χ1) is 19.5. The molecule has 0 aliphatic heterocycles. The molecule has 5 aromatic carbocycles. The molecule has 0 radical (unpaired) electrons. The number of hydrogen-bond donors (Lipinski definition) is 1. The predicted octanol–water partition coefficient (Wildman–Crippen LogP) is 9.46. The van der Waals surface area contributed by atoms with Crippen molar-refractivity contribution < 1.29 is 9.15 Å². The number of benzene rings is 5. The Morgan fingerprint density at radius 3 is 2.30 bits per heavy atom. The van der Waals surface area contributed by atoms with Crippen LogP contribution in [0.2, 0.25) is 10.0 Å². The molecular weight excluding hydrogens is 565 g/mol. The second-order valence-corrected chi connectivity index (χ2v) is 10.8. The Kier molecular flexibility index (Phi) is 6.12. The maximum absolute atomic E-state index is 12.8. The SMILES string of the molecule is O=c1oc2ccc3ccccc3c2cc1-c1nnc(Nc2ccc(Oc3ccc4ccccc4c3Cl)c(Cl)c2)s1. The van der Waals surface area contributed by atoms with Crippen LogP contribution in [-0.2, 0) is 0 Å². The van der Waals surface area contributed by atoms with Crippen molar-refractivity contribution in [2.75, 3.05) is 5.32 Å². The minimum Gasteiger partial charge on any atom is -0.454 e. The van der Waals surface area contributed by atoms with Gasteiger partial charge in [-0.1, -0.05) is 95.2 Å². The number of nitrogens with zero attached hydrogens (tertiary/aromatic N) is 2. The third-order valence-corrected chi connectivity index (χ3v) is 8.09. The quantitative estimate of drug-likeness (QED) is 0.161. The number of ether oxygens (including phenoxy) is 1. The number of anilines is 2. The smallest absolute Gasteiger partial charge is 0.346 e. The minimum absolute atomic E-state index is 0.350. The summed E-state index contributed by atoms with van der Waals surface area (Å²) in [5.41, 5.74) is 1.09. The molecule has 9 heteroatoms. The maximum Gasteiger partial charge on any atom is 0.346 e. The van der Waals surface area contributed by atoms with Crippen molar-refractivity contribution in [3.8, 4) is 22.1 Å². The van der Waals surface area contributed by atoms with E-state index in [1.54, 1.807) is 18.2 Å². The monoisotopic (exact) mass is 581 g/mol. The van der Waals surface area contributed by atoms with Crippen molar-refractivity contribution >= 4 is 77.9 Å². The molecule has 1 N–H and O–H groups in total. The van der Waals surface area contributed by atoms with Gasteiger partial charge in [-0.05, 0) is 52.6 Å². The van der Waals surface area contributed by atoms with Crippen LogP contribution in [0.4, 0.5) is 10.8 Å². The second kappa shape index (κ2) is 9.95. The summed E-state index contributed by atoms with van der Waals surface area (Å²) < 4.78 is 11.6. The number of nitrogens with one attached hydrogen (secondary N) is 1. The van der Waals surface area contributed by atoms with Crippen LogP contribution in [0.15, 0.2) is 106 Å². The van der Waals surface area contributed by atoms with Gasteiger partial charge in [0.1, 0.15) is 17.1 Å². The third-order valence-electron chi connectivity index (χ3n) is 6.53. The molecule has 0 saturated carbocycles. The Labute approximate surface area is 241 Å². The Morgan fingerprint density at radius 2 is 1.48 bits per heavy atom. The van der Waals surface area contributed by atoms with Gasteiger partial charge in [-0.2, -0.15) is 0 Å². The molecule has 7 rings (SSSR count). The highest BCUT2D eigenvalue weighted by Gasteiger charge is 2.16. The van der Waals surface area contributed by atoms with Gasteiger partial charge in [-0.25, -0.2) is 4.79 Å². The number of halogens is 2. The zero-order valence-corrected chi connectivity index (χ0v) is 22.8. The lowest BCUT2D eigenvalue weighted by Crippen LogP contribution is -2.02. The van der Waals surface area contributed by atoms with E-state index in [0.717, 1.165) is 26.9 Å². The first-order valence-corrected chi connectivity index (χ1v) is 13.8. The van der Waals surface area contributed by atoms with Crippen LogP contribution in [0.5, 0.6) is 11.5 Å². The molecule has 6 nitrogen and oxygen atoms in total. The zero-order valence-electron chi connectivity index (χ0n) is 20.5. The minimum atomic E-state index is -0.470. The molecule has 0 unspecified atom stereocenters. The highest BCUT2D eigenvalue weighted by molar-refractivity contribution is 7.18. The summed E-state index contributed by atoms with van der Waals surface area (Å²) in [6.07, 6.45) is 0. The molecule has 0 aliphatic carbocycles. The summed E-state index contributed by atoms with van der Waals surface area (Å²) in [5.74, 6) is 0.974. The van der Waals surface area contributed by atoms with Crippen LogP contribution in [0.1, 0.15) is 0 Å². The predicted molar refractivity (Wildman–Crippen MR) is 163 cm³/mol. The summed E-state index contributed by atoms with van der Waals surface area (Å²) in [4.78, 5) is 12.8. The molecule has 0 fully saturated rings. The highest BCUT2D eigenvalue weighted by Crippen LogP contribution is 2.39. The van der Waals surface area contributed by atoms with E-state index in [0.29, 0.717) is 48.5 Å². The lowest BCUT2D eigenvalue weighted by Gasteiger charge is -2.12. The van der Waals surface area contributed by atoms with Crippen LogP contribution in [0.3, 0.4) is 0 Å². The average Bonchev–Trinajstić information content (AvgIpc) is 3.43. The number of rotatable bonds is 5. The number of aromatic nitrogens is 2. The molecule has 0 saturated heterocycles. The molecule has 0 aliphatic rings. The van der Waals surface area contributed by atoms with E-state index >= 15 is 0 Å². The van der Waals surface area contributed by atoms with E-state index in [4.69, 9.17) is 32.4 Å². The highest BCUT2D eigenvalue weighted by atomic mass is 35.5. The van der Waals surface area contributed by atoms with Gasteiger partial charge in [0.05, 0.1) is 15.6 Å². The van der Waals surface area contributed by atoms with Crippen molar-refractivity contribution in [1.29, 1.82) is 0 Å². The van der Waals surface area contributed by atoms with E-state index in [1.807, 2.05) is 78.9 Å². The normalized spacial score (nSPS) is 11.3. The summed E-state index contributed by atoms with van der Waals surface area (Å²) in [5, 5.41) is 18.3. The zero-order chi connectivity index (χ0) is 27.2. The summed E-state index contributed by atoms with van der Waals surface area (Å²) in [7, 11) is 0. The number of fused-ring (bicyclic) bond motifs is 4. The van der Waals surface area contributed by atoms with Crippen LogP contribution < -0.4 is 15.7 Å². The van der Waals surface area contributed by atoms with Gasteiger partial charge in [0.25, 0.3) is 0 Å². The summed E-state index contributed by atoms with van der Waals surface area (Å²) in [6, 6.07) is 30.4.